The minimum Gasteiger partial charge on any atom is -0.477 e. The van der Waals surface area contributed by atoms with Crippen LogP contribution in [0.2, 0.25) is 0 Å². The topological polar surface area (TPSA) is 110 Å². The number of aromatic carboxylic acids is 1. The van der Waals surface area contributed by atoms with Gasteiger partial charge in [0, 0.05) is 23.4 Å². The fourth-order valence-electron chi connectivity index (χ4n) is 2.24. The van der Waals surface area contributed by atoms with Crippen molar-refractivity contribution in [2.24, 2.45) is 0 Å². The van der Waals surface area contributed by atoms with Gasteiger partial charge in [-0.15, -0.1) is 0 Å². The van der Waals surface area contributed by atoms with Crippen molar-refractivity contribution in [1.82, 2.24) is 4.98 Å². The molecule has 0 radical (unpaired) electrons. The normalized spacial score (nSPS) is 10.3. The second kappa shape index (κ2) is 5.72. The van der Waals surface area contributed by atoms with Gasteiger partial charge in [-0.2, -0.15) is 0 Å². The first kappa shape index (κ1) is 15.3. The molecule has 0 saturated carbocycles. The van der Waals surface area contributed by atoms with Crippen molar-refractivity contribution in [3.05, 3.63) is 57.4 Å². The number of carbonyl (C=O) groups is 2. The molecule has 0 fully saturated rings. The van der Waals surface area contributed by atoms with Gasteiger partial charge in [-0.05, 0) is 31.0 Å². The minimum atomic E-state index is -1.23. The Kier molecular flexibility index (Phi) is 3.98. The second-order valence-electron chi connectivity index (χ2n) is 4.68. The van der Waals surface area contributed by atoms with Crippen LogP contribution in [-0.4, -0.2) is 26.8 Å². The highest BCUT2D eigenvalue weighted by atomic mass is 16.6. The van der Waals surface area contributed by atoms with Crippen molar-refractivity contribution in [2.45, 2.75) is 13.8 Å². The summed E-state index contributed by atoms with van der Waals surface area (Å²) in [4.78, 5) is 37.2. The number of aryl methyl sites for hydroxylation is 1. The minimum absolute atomic E-state index is 0.140. The fourth-order valence-corrected chi connectivity index (χ4v) is 2.24. The lowest BCUT2D eigenvalue weighted by Gasteiger charge is -2.11. The number of carbonyl (C=O) groups excluding carboxylic acids is 1. The van der Waals surface area contributed by atoms with Gasteiger partial charge in [0.05, 0.1) is 4.92 Å². The van der Waals surface area contributed by atoms with Gasteiger partial charge in [-0.1, -0.05) is 12.1 Å². The first-order valence-electron chi connectivity index (χ1n) is 6.32. The van der Waals surface area contributed by atoms with Crippen LogP contribution >= 0.6 is 0 Å². The van der Waals surface area contributed by atoms with E-state index in [-0.39, 0.29) is 28.4 Å². The van der Waals surface area contributed by atoms with Crippen LogP contribution < -0.4 is 0 Å². The predicted molar refractivity (Wildman–Crippen MR) is 78.0 cm³/mol. The number of carboxylic acids is 1. The van der Waals surface area contributed by atoms with Crippen LogP contribution in [0.15, 0.2) is 30.3 Å². The van der Waals surface area contributed by atoms with Crippen LogP contribution in [-0.2, 0) is 0 Å². The molecule has 1 aromatic carbocycles. The molecule has 22 heavy (non-hydrogen) atoms. The van der Waals surface area contributed by atoms with E-state index in [2.05, 4.69) is 4.98 Å². The van der Waals surface area contributed by atoms with Crippen LogP contribution in [0.4, 0.5) is 5.69 Å². The summed E-state index contributed by atoms with van der Waals surface area (Å²) in [6.45, 7) is 2.87. The number of rotatable bonds is 4. The van der Waals surface area contributed by atoms with E-state index in [4.69, 9.17) is 5.11 Å². The molecule has 0 unspecified atom stereocenters. The molecule has 0 amide bonds. The van der Waals surface area contributed by atoms with Crippen molar-refractivity contribution < 1.29 is 19.6 Å². The van der Waals surface area contributed by atoms with Crippen molar-refractivity contribution in [2.75, 3.05) is 0 Å². The maximum Gasteiger partial charge on any atom is 0.354 e. The van der Waals surface area contributed by atoms with Gasteiger partial charge < -0.3 is 5.11 Å². The van der Waals surface area contributed by atoms with E-state index in [0.717, 1.165) is 0 Å². The molecule has 0 aliphatic carbocycles. The van der Waals surface area contributed by atoms with E-state index >= 15 is 0 Å². The molecule has 2 rings (SSSR count). The molecule has 7 heteroatoms. The lowest BCUT2D eigenvalue weighted by Crippen LogP contribution is -2.08. The summed E-state index contributed by atoms with van der Waals surface area (Å²) < 4.78 is 0. The number of hydrogen-bond donors (Lipinski definition) is 1. The number of nitro benzene ring substituents is 1. The van der Waals surface area contributed by atoms with Crippen molar-refractivity contribution >= 4 is 17.4 Å². The molecule has 0 atom stereocenters. The van der Waals surface area contributed by atoms with Crippen LogP contribution in [0.25, 0.3) is 11.1 Å². The van der Waals surface area contributed by atoms with Crippen molar-refractivity contribution in [3.8, 4) is 11.1 Å². The number of Topliss-reactive ketones (excluding diaryl/α,β-unsaturated/α-hetero) is 1. The predicted octanol–water partition coefficient (Wildman–Crippen LogP) is 2.87. The summed E-state index contributed by atoms with van der Waals surface area (Å²) in [6, 6.07) is 6.94. The van der Waals surface area contributed by atoms with Gasteiger partial charge in [0.15, 0.2) is 5.78 Å². The summed E-state index contributed by atoms with van der Waals surface area (Å²) in [7, 11) is 0. The average Bonchev–Trinajstić information content (AvgIpc) is 2.45. The van der Waals surface area contributed by atoms with E-state index in [1.54, 1.807) is 6.07 Å². The molecule has 7 nitrogen and oxygen atoms in total. The van der Waals surface area contributed by atoms with Crippen molar-refractivity contribution in [3.63, 3.8) is 0 Å². The summed E-state index contributed by atoms with van der Waals surface area (Å²) in [5, 5.41) is 20.0. The van der Waals surface area contributed by atoms with Crippen LogP contribution in [0.5, 0.6) is 0 Å². The number of ketones is 1. The van der Waals surface area contributed by atoms with Crippen LogP contribution in [0.1, 0.15) is 33.5 Å². The molecular weight excluding hydrogens is 288 g/mol. The number of benzene rings is 1. The Morgan fingerprint density at radius 2 is 1.95 bits per heavy atom. The number of non-ortho nitro benzene ring substituents is 1. The molecule has 0 bridgehead atoms. The highest BCUT2D eigenvalue weighted by molar-refractivity contribution is 6.03. The average molecular weight is 300 g/mol. The lowest BCUT2D eigenvalue weighted by molar-refractivity contribution is -0.384. The first-order chi connectivity index (χ1) is 10.3. The molecule has 0 saturated heterocycles. The summed E-state index contributed by atoms with van der Waals surface area (Å²) in [6.07, 6.45) is 0. The Balaban J connectivity index is 2.77. The van der Waals surface area contributed by atoms with E-state index in [1.807, 2.05) is 0 Å². The molecule has 1 heterocycles. The van der Waals surface area contributed by atoms with Gasteiger partial charge in [0.2, 0.25) is 0 Å². The van der Waals surface area contributed by atoms with E-state index in [9.17, 15) is 19.7 Å². The summed E-state index contributed by atoms with van der Waals surface area (Å²) in [5.41, 5.74) is 0.884. The van der Waals surface area contributed by atoms with Gasteiger partial charge >= 0.3 is 5.97 Å². The van der Waals surface area contributed by atoms with Crippen molar-refractivity contribution in [1.29, 1.82) is 0 Å². The van der Waals surface area contributed by atoms with E-state index < -0.39 is 10.9 Å². The largest absolute Gasteiger partial charge is 0.477 e. The number of hydrogen-bond acceptors (Lipinski definition) is 5. The third-order valence-corrected chi connectivity index (χ3v) is 3.14. The van der Waals surface area contributed by atoms with Crippen LogP contribution in [0, 0.1) is 17.0 Å². The zero-order valence-electron chi connectivity index (χ0n) is 11.9. The fraction of sp³-hybridized carbons (Fsp3) is 0.133. The molecule has 0 spiro atoms. The lowest BCUT2D eigenvalue weighted by atomic mass is 9.95. The molecule has 1 aromatic heterocycles. The summed E-state index contributed by atoms with van der Waals surface area (Å²) in [5.74, 6) is -1.52. The molecule has 112 valence electrons. The molecule has 0 aliphatic heterocycles. The standard InChI is InChI=1S/C15H12N2O5/c1-8-14(9(2)18)12(7-13(16-8)15(19)20)10-4-3-5-11(6-10)17(21)22/h3-7H,1-2H3,(H,19,20). The maximum atomic E-state index is 11.8. The molecule has 2 aromatic rings. The Bertz CT molecular complexity index is 799. The Morgan fingerprint density at radius 1 is 1.27 bits per heavy atom. The van der Waals surface area contributed by atoms with Gasteiger partial charge in [0.25, 0.3) is 5.69 Å². The first-order valence-corrected chi connectivity index (χ1v) is 6.32. The number of pyridine rings is 1. The highest BCUT2D eigenvalue weighted by Crippen LogP contribution is 2.29. The highest BCUT2D eigenvalue weighted by Gasteiger charge is 2.19. The third kappa shape index (κ3) is 2.83. The quantitative estimate of drug-likeness (QED) is 0.528. The second-order valence-corrected chi connectivity index (χ2v) is 4.68. The zero-order valence-corrected chi connectivity index (χ0v) is 11.9. The molecular formula is C15H12N2O5. The van der Waals surface area contributed by atoms with Crippen LogP contribution in [0.3, 0.4) is 0 Å². The zero-order chi connectivity index (χ0) is 16.4. The van der Waals surface area contributed by atoms with Gasteiger partial charge in [0.1, 0.15) is 5.69 Å². The Morgan fingerprint density at radius 3 is 2.50 bits per heavy atom. The number of nitrogens with zero attached hydrogens (tertiary/aromatic N) is 2. The molecule has 0 aliphatic rings. The van der Waals surface area contributed by atoms with Gasteiger partial charge in [-0.3, -0.25) is 14.9 Å². The molecule has 1 N–H and O–H groups in total. The Labute approximate surface area is 125 Å². The van der Waals surface area contributed by atoms with E-state index in [0.29, 0.717) is 11.1 Å². The smallest absolute Gasteiger partial charge is 0.354 e. The third-order valence-electron chi connectivity index (χ3n) is 3.14. The number of nitro groups is 1. The monoisotopic (exact) mass is 300 g/mol. The Hall–Kier alpha value is -3.09. The SMILES string of the molecule is CC(=O)c1c(-c2cccc([N+](=O)[O-])c2)cc(C(=O)O)nc1C. The number of carboxylic acid groups (broad SMARTS) is 1. The van der Waals surface area contributed by atoms with Gasteiger partial charge in [-0.25, -0.2) is 9.78 Å². The number of aromatic nitrogens is 1. The van der Waals surface area contributed by atoms with E-state index in [1.165, 1.54) is 38.1 Å². The summed E-state index contributed by atoms with van der Waals surface area (Å²) >= 11 is 0. The maximum absolute atomic E-state index is 11.8.